The van der Waals surface area contributed by atoms with Crippen LogP contribution in [0.25, 0.3) is 0 Å². The van der Waals surface area contributed by atoms with E-state index in [0.29, 0.717) is 45.1 Å². The van der Waals surface area contributed by atoms with Gasteiger partial charge in [-0.25, -0.2) is 0 Å². The molecule has 0 bridgehead atoms. The van der Waals surface area contributed by atoms with E-state index in [9.17, 15) is 9.59 Å². The van der Waals surface area contributed by atoms with Crippen molar-refractivity contribution >= 4 is 12.1 Å². The SMILES string of the molecule is CC(=O)CC[C@H]1C[C@@H]([C@H](OCOCc2ccccc2)[C@@H](C)C[C@@H]2OC(C)(C)O[C@H]2CCC=O)OC(C)(C)O1. The summed E-state index contributed by atoms with van der Waals surface area (Å²) in [7, 11) is 0. The summed E-state index contributed by atoms with van der Waals surface area (Å²) in [5, 5.41) is 0. The molecule has 2 aliphatic rings. The average molecular weight is 535 g/mol. The Hall–Kier alpha value is -1.68. The fourth-order valence-corrected chi connectivity index (χ4v) is 5.48. The third-order valence-corrected chi connectivity index (χ3v) is 7.04. The van der Waals surface area contributed by atoms with Crippen LogP contribution in [0.4, 0.5) is 0 Å². The second kappa shape index (κ2) is 14.1. The van der Waals surface area contributed by atoms with E-state index in [0.717, 1.165) is 11.8 Å². The van der Waals surface area contributed by atoms with E-state index < -0.39 is 11.6 Å². The number of benzene rings is 1. The third-order valence-electron chi connectivity index (χ3n) is 7.04. The smallest absolute Gasteiger partial charge is 0.163 e. The molecule has 2 fully saturated rings. The highest BCUT2D eigenvalue weighted by Gasteiger charge is 2.45. The molecule has 3 rings (SSSR count). The Morgan fingerprint density at radius 2 is 1.71 bits per heavy atom. The highest BCUT2D eigenvalue weighted by atomic mass is 16.8. The maximum Gasteiger partial charge on any atom is 0.163 e. The van der Waals surface area contributed by atoms with E-state index in [1.807, 2.05) is 58.0 Å². The molecule has 2 heterocycles. The minimum Gasteiger partial charge on any atom is -0.351 e. The normalized spacial score (nSPS) is 28.1. The molecule has 1 aromatic carbocycles. The molecule has 38 heavy (non-hydrogen) atoms. The molecule has 0 unspecified atom stereocenters. The summed E-state index contributed by atoms with van der Waals surface area (Å²) < 4.78 is 37.2. The molecule has 6 atom stereocenters. The lowest BCUT2D eigenvalue weighted by atomic mass is 9.87. The molecule has 0 saturated carbocycles. The van der Waals surface area contributed by atoms with Crippen molar-refractivity contribution in [2.45, 2.75) is 129 Å². The van der Waals surface area contributed by atoms with Crippen LogP contribution in [0.5, 0.6) is 0 Å². The van der Waals surface area contributed by atoms with Gasteiger partial charge in [0.1, 0.15) is 18.9 Å². The standard InChI is InChI=1S/C30H46O8/c1-21(17-26-25(13-10-16-31)36-30(5,6)37-26)28(34-20-33-19-23-11-8-7-9-12-23)27-18-24(15-14-22(2)32)35-29(3,4)38-27/h7-9,11-12,16,21,24-28H,10,13-15,17-20H2,1-6H3/t21-,24-,25-,26-,27-,28+/m0/s1. The molecule has 8 heteroatoms. The van der Waals surface area contributed by atoms with E-state index in [1.54, 1.807) is 6.92 Å². The number of ketones is 1. The summed E-state index contributed by atoms with van der Waals surface area (Å²) in [6.07, 6.45) is 3.37. The lowest BCUT2D eigenvalue weighted by Crippen LogP contribution is -2.51. The second-order valence-corrected chi connectivity index (χ2v) is 11.5. The zero-order valence-electron chi connectivity index (χ0n) is 23.9. The van der Waals surface area contributed by atoms with E-state index >= 15 is 0 Å². The van der Waals surface area contributed by atoms with Crippen molar-refractivity contribution < 1.29 is 38.0 Å². The molecule has 0 amide bonds. The summed E-state index contributed by atoms with van der Waals surface area (Å²) in [4.78, 5) is 22.7. The van der Waals surface area contributed by atoms with Crippen molar-refractivity contribution in [2.75, 3.05) is 6.79 Å². The number of Topliss-reactive ketones (excluding diaryl/α,β-unsaturated/α-hetero) is 1. The first-order chi connectivity index (χ1) is 18.0. The van der Waals surface area contributed by atoms with Gasteiger partial charge in [-0.15, -0.1) is 0 Å². The van der Waals surface area contributed by atoms with Crippen LogP contribution in [-0.4, -0.2) is 61.0 Å². The van der Waals surface area contributed by atoms with Crippen LogP contribution in [-0.2, 0) is 44.6 Å². The van der Waals surface area contributed by atoms with Gasteiger partial charge in [-0.2, -0.15) is 0 Å². The molecule has 214 valence electrons. The Morgan fingerprint density at radius 1 is 1.03 bits per heavy atom. The summed E-state index contributed by atoms with van der Waals surface area (Å²) >= 11 is 0. The molecule has 0 spiro atoms. The highest BCUT2D eigenvalue weighted by molar-refractivity contribution is 5.75. The monoisotopic (exact) mass is 534 g/mol. The van der Waals surface area contributed by atoms with Gasteiger partial charge < -0.3 is 38.0 Å². The molecule has 8 nitrogen and oxygen atoms in total. The predicted molar refractivity (Wildman–Crippen MR) is 142 cm³/mol. The van der Waals surface area contributed by atoms with Gasteiger partial charge in [0.2, 0.25) is 0 Å². The fourth-order valence-electron chi connectivity index (χ4n) is 5.48. The van der Waals surface area contributed by atoms with Gasteiger partial charge >= 0.3 is 0 Å². The minimum atomic E-state index is -0.807. The minimum absolute atomic E-state index is 0.0314. The number of hydrogen-bond donors (Lipinski definition) is 0. The summed E-state index contributed by atoms with van der Waals surface area (Å²) in [6, 6.07) is 9.97. The van der Waals surface area contributed by atoms with Crippen molar-refractivity contribution in [3.8, 4) is 0 Å². The Labute approximate surface area is 227 Å². The van der Waals surface area contributed by atoms with E-state index in [2.05, 4.69) is 6.92 Å². The van der Waals surface area contributed by atoms with Crippen molar-refractivity contribution in [1.29, 1.82) is 0 Å². The first-order valence-electron chi connectivity index (χ1n) is 13.9. The number of hydrogen-bond acceptors (Lipinski definition) is 8. The second-order valence-electron chi connectivity index (χ2n) is 11.5. The van der Waals surface area contributed by atoms with Crippen LogP contribution in [0.15, 0.2) is 30.3 Å². The lowest BCUT2D eigenvalue weighted by Gasteiger charge is -2.45. The quantitative estimate of drug-likeness (QED) is 0.169. The van der Waals surface area contributed by atoms with Crippen molar-refractivity contribution in [3.63, 3.8) is 0 Å². The Kier molecular flexibility index (Phi) is 11.4. The molecular weight excluding hydrogens is 488 g/mol. The summed E-state index contributed by atoms with van der Waals surface area (Å²) in [5.41, 5.74) is 1.07. The van der Waals surface area contributed by atoms with E-state index in [-0.39, 0.29) is 49.0 Å². The van der Waals surface area contributed by atoms with Crippen molar-refractivity contribution in [2.24, 2.45) is 5.92 Å². The van der Waals surface area contributed by atoms with Gasteiger partial charge in [-0.1, -0.05) is 37.3 Å². The summed E-state index contributed by atoms with van der Waals surface area (Å²) in [6.45, 7) is 11.9. The van der Waals surface area contributed by atoms with Crippen LogP contribution >= 0.6 is 0 Å². The van der Waals surface area contributed by atoms with Crippen molar-refractivity contribution in [1.82, 2.24) is 0 Å². The number of carbonyl (C=O) groups is 2. The molecule has 2 saturated heterocycles. The van der Waals surface area contributed by atoms with E-state index in [1.165, 1.54) is 0 Å². The van der Waals surface area contributed by atoms with Crippen LogP contribution in [0.3, 0.4) is 0 Å². The largest absolute Gasteiger partial charge is 0.351 e. The average Bonchev–Trinajstić information content (AvgIpc) is 3.13. The highest BCUT2D eigenvalue weighted by Crippen LogP contribution is 2.38. The van der Waals surface area contributed by atoms with Crippen LogP contribution in [0, 0.1) is 5.92 Å². The Balaban J connectivity index is 1.71. The van der Waals surface area contributed by atoms with Gasteiger partial charge in [0.25, 0.3) is 0 Å². The lowest BCUT2D eigenvalue weighted by molar-refractivity contribution is -0.323. The molecule has 2 aliphatic heterocycles. The molecule has 1 aromatic rings. The number of rotatable bonds is 15. The van der Waals surface area contributed by atoms with E-state index in [4.69, 9.17) is 28.4 Å². The Morgan fingerprint density at radius 3 is 2.39 bits per heavy atom. The molecule has 0 aromatic heterocycles. The fraction of sp³-hybridized carbons (Fsp3) is 0.733. The molecule has 0 aliphatic carbocycles. The number of aldehydes is 1. The van der Waals surface area contributed by atoms with Crippen LogP contribution in [0.2, 0.25) is 0 Å². The van der Waals surface area contributed by atoms with Crippen molar-refractivity contribution in [3.05, 3.63) is 35.9 Å². The molecule has 0 N–H and O–H groups in total. The zero-order valence-corrected chi connectivity index (χ0v) is 23.9. The predicted octanol–water partition coefficient (Wildman–Crippen LogP) is 5.35. The van der Waals surface area contributed by atoms with Crippen LogP contribution in [0.1, 0.15) is 85.6 Å². The van der Waals surface area contributed by atoms with Gasteiger partial charge in [0, 0.05) is 19.3 Å². The maximum atomic E-state index is 11.6. The van der Waals surface area contributed by atoms with Gasteiger partial charge in [0.05, 0.1) is 37.1 Å². The first kappa shape index (κ1) is 30.9. The van der Waals surface area contributed by atoms with Gasteiger partial charge in [0.15, 0.2) is 11.6 Å². The first-order valence-corrected chi connectivity index (χ1v) is 13.9. The summed E-state index contributed by atoms with van der Waals surface area (Å²) in [5.74, 6) is -1.34. The number of carbonyl (C=O) groups excluding carboxylic acids is 2. The zero-order chi connectivity index (χ0) is 27.8. The Bertz CT molecular complexity index is 870. The molecular formula is C30H46O8. The third kappa shape index (κ3) is 9.81. The van der Waals surface area contributed by atoms with Gasteiger partial charge in [-0.3, -0.25) is 0 Å². The van der Waals surface area contributed by atoms with Gasteiger partial charge in [-0.05, 0) is 65.4 Å². The topological polar surface area (TPSA) is 89.5 Å². The number of ether oxygens (including phenoxy) is 6. The molecule has 0 radical (unpaired) electrons. The van der Waals surface area contributed by atoms with Crippen LogP contribution < -0.4 is 0 Å². The maximum absolute atomic E-state index is 11.6.